The summed E-state index contributed by atoms with van der Waals surface area (Å²) in [5.41, 5.74) is 6.22. The zero-order chi connectivity index (χ0) is 11.4. The molecule has 1 aromatic carbocycles. The molecule has 15 heavy (non-hydrogen) atoms. The van der Waals surface area contributed by atoms with Crippen LogP contribution in [0.2, 0.25) is 0 Å². The van der Waals surface area contributed by atoms with Crippen molar-refractivity contribution in [2.75, 3.05) is 7.11 Å². The third-order valence-electron chi connectivity index (χ3n) is 2.04. The van der Waals surface area contributed by atoms with Gasteiger partial charge in [0.25, 0.3) is 0 Å². The molecule has 0 fully saturated rings. The topological polar surface area (TPSA) is 78.4 Å². The van der Waals surface area contributed by atoms with Gasteiger partial charge in [-0.3, -0.25) is 10.1 Å². The lowest BCUT2D eigenvalue weighted by molar-refractivity contribution is -0.385. The summed E-state index contributed by atoms with van der Waals surface area (Å²) < 4.78 is 4.87. The molecule has 0 amide bonds. The lowest BCUT2D eigenvalue weighted by atomic mass is 10.1. The fourth-order valence-electron chi connectivity index (χ4n) is 1.19. The molecule has 0 aliphatic carbocycles. The Kier molecular flexibility index (Phi) is 3.41. The minimum absolute atomic E-state index is 0.0905. The van der Waals surface area contributed by atoms with Crippen LogP contribution in [0.3, 0.4) is 0 Å². The molecule has 2 N–H and O–H groups in total. The number of hydrogen-bond acceptors (Lipinski definition) is 4. The Morgan fingerprint density at radius 3 is 2.80 bits per heavy atom. The molecule has 5 heteroatoms. The fraction of sp³-hybridized carbons (Fsp3) is 0.200. The summed E-state index contributed by atoms with van der Waals surface area (Å²) in [5, 5.41) is 10.7. The van der Waals surface area contributed by atoms with Gasteiger partial charge in [0.15, 0.2) is 5.75 Å². The maximum Gasteiger partial charge on any atom is 0.311 e. The van der Waals surface area contributed by atoms with Crippen molar-refractivity contribution >= 4 is 5.69 Å². The number of ether oxygens (including phenoxy) is 1. The molecule has 0 radical (unpaired) electrons. The van der Waals surface area contributed by atoms with Crippen LogP contribution in [-0.2, 0) is 0 Å². The molecule has 0 saturated heterocycles. The van der Waals surface area contributed by atoms with Crippen molar-refractivity contribution in [1.82, 2.24) is 0 Å². The summed E-state index contributed by atoms with van der Waals surface area (Å²) in [5.74, 6) is 0.222. The van der Waals surface area contributed by atoms with E-state index in [1.165, 1.54) is 25.3 Å². The lowest BCUT2D eigenvalue weighted by Gasteiger charge is -2.08. The molecule has 1 aromatic rings. The molecule has 0 spiro atoms. The van der Waals surface area contributed by atoms with E-state index in [0.29, 0.717) is 5.56 Å². The Morgan fingerprint density at radius 1 is 1.67 bits per heavy atom. The molecule has 0 saturated carbocycles. The molecule has 1 rings (SSSR count). The van der Waals surface area contributed by atoms with E-state index in [2.05, 4.69) is 6.58 Å². The molecular formula is C10H12N2O3. The summed E-state index contributed by atoms with van der Waals surface area (Å²) >= 11 is 0. The van der Waals surface area contributed by atoms with Crippen molar-refractivity contribution in [2.24, 2.45) is 5.73 Å². The maximum absolute atomic E-state index is 10.7. The molecule has 0 aliphatic rings. The van der Waals surface area contributed by atoms with Crippen LogP contribution >= 0.6 is 0 Å². The quantitative estimate of drug-likeness (QED) is 0.464. The third kappa shape index (κ3) is 2.32. The molecule has 80 valence electrons. The van der Waals surface area contributed by atoms with Crippen molar-refractivity contribution in [2.45, 2.75) is 6.04 Å². The van der Waals surface area contributed by atoms with Crippen molar-refractivity contribution < 1.29 is 9.66 Å². The largest absolute Gasteiger partial charge is 0.490 e. The Morgan fingerprint density at radius 2 is 2.33 bits per heavy atom. The van der Waals surface area contributed by atoms with E-state index in [9.17, 15) is 10.1 Å². The lowest BCUT2D eigenvalue weighted by Crippen LogP contribution is -2.07. The highest BCUT2D eigenvalue weighted by Crippen LogP contribution is 2.29. The molecule has 0 heterocycles. The average molecular weight is 208 g/mol. The first-order valence-corrected chi connectivity index (χ1v) is 4.30. The second kappa shape index (κ2) is 4.56. The van der Waals surface area contributed by atoms with Gasteiger partial charge in [0.05, 0.1) is 12.0 Å². The highest BCUT2D eigenvalue weighted by molar-refractivity contribution is 5.49. The van der Waals surface area contributed by atoms with Crippen molar-refractivity contribution in [3.05, 3.63) is 46.5 Å². The fourth-order valence-corrected chi connectivity index (χ4v) is 1.19. The van der Waals surface area contributed by atoms with Gasteiger partial charge < -0.3 is 10.5 Å². The molecule has 0 aliphatic heterocycles. The van der Waals surface area contributed by atoms with Gasteiger partial charge in [0.2, 0.25) is 0 Å². The first kappa shape index (κ1) is 11.2. The van der Waals surface area contributed by atoms with Crippen LogP contribution in [0.1, 0.15) is 11.6 Å². The molecule has 5 nitrogen and oxygen atoms in total. The van der Waals surface area contributed by atoms with E-state index >= 15 is 0 Å². The smallest absolute Gasteiger partial charge is 0.311 e. The van der Waals surface area contributed by atoms with Crippen LogP contribution in [0.15, 0.2) is 30.9 Å². The number of benzene rings is 1. The number of nitrogens with two attached hydrogens (primary N) is 1. The number of rotatable bonds is 4. The van der Waals surface area contributed by atoms with Gasteiger partial charge in [-0.2, -0.15) is 0 Å². The average Bonchev–Trinajstić information content (AvgIpc) is 2.27. The highest BCUT2D eigenvalue weighted by atomic mass is 16.6. The first-order chi connectivity index (χ1) is 7.10. The number of nitro benzene ring substituents is 1. The summed E-state index contributed by atoms with van der Waals surface area (Å²) in [6.45, 7) is 3.53. The van der Waals surface area contributed by atoms with Crippen LogP contribution < -0.4 is 10.5 Å². The van der Waals surface area contributed by atoms with Crippen LogP contribution in [-0.4, -0.2) is 12.0 Å². The van der Waals surface area contributed by atoms with Crippen LogP contribution in [0.5, 0.6) is 5.75 Å². The third-order valence-corrected chi connectivity index (χ3v) is 2.04. The van der Waals surface area contributed by atoms with Crippen molar-refractivity contribution in [3.8, 4) is 5.75 Å². The highest BCUT2D eigenvalue weighted by Gasteiger charge is 2.16. The standard InChI is InChI=1S/C10H12N2O3/c1-3-8(11)7-4-5-10(15-2)9(6-7)12(13)14/h3-6,8H,1,11H2,2H3/t8-/m1/s1. The van der Waals surface area contributed by atoms with Gasteiger partial charge in [0, 0.05) is 12.1 Å². The second-order valence-electron chi connectivity index (χ2n) is 2.95. The van der Waals surface area contributed by atoms with Gasteiger partial charge in [-0.25, -0.2) is 0 Å². The second-order valence-corrected chi connectivity index (χ2v) is 2.95. The van der Waals surface area contributed by atoms with Gasteiger partial charge in [-0.15, -0.1) is 6.58 Å². The first-order valence-electron chi connectivity index (χ1n) is 4.30. The summed E-state index contributed by atoms with van der Waals surface area (Å²) in [6.07, 6.45) is 1.52. The van der Waals surface area contributed by atoms with E-state index in [1.54, 1.807) is 6.07 Å². The summed E-state index contributed by atoms with van der Waals surface area (Å²) in [7, 11) is 1.38. The Bertz CT molecular complexity index is 390. The van der Waals surface area contributed by atoms with Crippen LogP contribution in [0, 0.1) is 10.1 Å². The maximum atomic E-state index is 10.7. The minimum Gasteiger partial charge on any atom is -0.490 e. The minimum atomic E-state index is -0.502. The molecule has 1 atom stereocenters. The van der Waals surface area contributed by atoms with Gasteiger partial charge in [-0.05, 0) is 11.6 Å². The van der Waals surface area contributed by atoms with Crippen LogP contribution in [0.25, 0.3) is 0 Å². The van der Waals surface area contributed by atoms with E-state index < -0.39 is 11.0 Å². The summed E-state index contributed by atoms with van der Waals surface area (Å²) in [6, 6.07) is 4.19. The zero-order valence-corrected chi connectivity index (χ0v) is 8.34. The molecule has 0 bridgehead atoms. The van der Waals surface area contributed by atoms with E-state index in [4.69, 9.17) is 10.5 Å². The van der Waals surface area contributed by atoms with Crippen molar-refractivity contribution in [3.63, 3.8) is 0 Å². The number of nitro groups is 1. The molecular weight excluding hydrogens is 196 g/mol. The van der Waals surface area contributed by atoms with E-state index in [-0.39, 0.29) is 11.4 Å². The van der Waals surface area contributed by atoms with Gasteiger partial charge in [-0.1, -0.05) is 12.1 Å². The molecule has 0 aromatic heterocycles. The Balaban J connectivity index is 3.21. The number of nitrogens with zero attached hydrogens (tertiary/aromatic N) is 1. The van der Waals surface area contributed by atoms with Gasteiger partial charge in [0.1, 0.15) is 0 Å². The number of methoxy groups -OCH3 is 1. The Labute approximate surface area is 87.3 Å². The van der Waals surface area contributed by atoms with Crippen molar-refractivity contribution in [1.29, 1.82) is 0 Å². The summed E-state index contributed by atoms with van der Waals surface area (Å²) in [4.78, 5) is 10.2. The van der Waals surface area contributed by atoms with E-state index in [0.717, 1.165) is 0 Å². The monoisotopic (exact) mass is 208 g/mol. The number of hydrogen-bond donors (Lipinski definition) is 1. The normalized spacial score (nSPS) is 11.9. The zero-order valence-electron chi connectivity index (χ0n) is 8.34. The predicted molar refractivity (Wildman–Crippen MR) is 56.8 cm³/mol. The van der Waals surface area contributed by atoms with Gasteiger partial charge >= 0.3 is 5.69 Å². The molecule has 0 unspecified atom stereocenters. The Hall–Kier alpha value is -1.88. The van der Waals surface area contributed by atoms with E-state index in [1.807, 2.05) is 0 Å². The predicted octanol–water partition coefficient (Wildman–Crippen LogP) is 1.79. The van der Waals surface area contributed by atoms with Crippen LogP contribution in [0.4, 0.5) is 5.69 Å². The SMILES string of the molecule is C=C[C@@H](N)c1ccc(OC)c([N+](=O)[O-])c1.